The molecule has 0 saturated carbocycles. The van der Waals surface area contributed by atoms with Crippen molar-refractivity contribution in [3.8, 4) is 6.07 Å². The van der Waals surface area contributed by atoms with Gasteiger partial charge in [0.25, 0.3) is 0 Å². The Hall–Kier alpha value is -2.65. The van der Waals surface area contributed by atoms with Crippen molar-refractivity contribution in [3.63, 3.8) is 0 Å². The number of carbonyl (C=O) groups is 1. The summed E-state index contributed by atoms with van der Waals surface area (Å²) in [6.45, 7) is 1.58. The van der Waals surface area contributed by atoms with Crippen LogP contribution >= 0.6 is 0 Å². The zero-order valence-corrected chi connectivity index (χ0v) is 12.4. The fraction of sp³-hybridized carbons (Fsp3) is 0.353. The minimum atomic E-state index is -0.284. The Balaban J connectivity index is 1.74. The molecule has 4 rings (SSSR count). The summed E-state index contributed by atoms with van der Waals surface area (Å²) in [4.78, 5) is 18.7. The number of benzene rings is 1. The number of carbonyl (C=O) groups excluding carboxylic acids is 1. The second kappa shape index (κ2) is 5.52. The average molecular weight is 309 g/mol. The molecular weight excluding hydrogens is 294 g/mol. The number of nitrogens with zero attached hydrogens (tertiary/aromatic N) is 3. The number of oxazole rings is 1. The van der Waals surface area contributed by atoms with Crippen LogP contribution in [0.2, 0.25) is 0 Å². The van der Waals surface area contributed by atoms with E-state index in [1.807, 2.05) is 17.0 Å². The number of hydrogen-bond acceptors (Lipinski definition) is 5. The maximum Gasteiger partial charge on any atom is 0.229 e. The van der Waals surface area contributed by atoms with E-state index in [-0.39, 0.29) is 17.9 Å². The van der Waals surface area contributed by atoms with E-state index >= 15 is 0 Å². The first kappa shape index (κ1) is 14.0. The lowest BCUT2D eigenvalue weighted by atomic mass is 10.0. The van der Waals surface area contributed by atoms with Gasteiger partial charge in [0.1, 0.15) is 6.04 Å². The Bertz CT molecular complexity index is 773. The summed E-state index contributed by atoms with van der Waals surface area (Å²) in [5.74, 6) is 0.601. The molecule has 6 heteroatoms. The number of nitriles is 1. The van der Waals surface area contributed by atoms with Gasteiger partial charge in [-0.3, -0.25) is 4.79 Å². The van der Waals surface area contributed by atoms with Gasteiger partial charge >= 0.3 is 0 Å². The molecular formula is C17H15N3O3. The largest absolute Gasteiger partial charge is 0.446 e. The van der Waals surface area contributed by atoms with E-state index in [1.165, 1.54) is 6.39 Å². The number of hydrogen-bond donors (Lipinski definition) is 0. The highest BCUT2D eigenvalue weighted by atomic mass is 16.5. The molecule has 1 aromatic heterocycles. The van der Waals surface area contributed by atoms with E-state index in [0.29, 0.717) is 31.1 Å². The van der Waals surface area contributed by atoms with Crippen molar-refractivity contribution in [2.75, 3.05) is 13.2 Å². The maximum absolute atomic E-state index is 12.9. The molecule has 2 atom stereocenters. The lowest BCUT2D eigenvalue weighted by Crippen LogP contribution is -2.35. The van der Waals surface area contributed by atoms with Gasteiger partial charge in [-0.15, -0.1) is 0 Å². The van der Waals surface area contributed by atoms with Gasteiger partial charge in [-0.25, -0.2) is 4.98 Å². The Morgan fingerprint density at radius 1 is 1.43 bits per heavy atom. The monoisotopic (exact) mass is 309 g/mol. The van der Waals surface area contributed by atoms with Crippen molar-refractivity contribution in [3.05, 3.63) is 53.2 Å². The van der Waals surface area contributed by atoms with Gasteiger partial charge in [0.05, 0.1) is 30.4 Å². The van der Waals surface area contributed by atoms with Crippen LogP contribution in [-0.4, -0.2) is 29.0 Å². The number of rotatable bonds is 2. The normalized spacial score (nSPS) is 22.8. The van der Waals surface area contributed by atoms with Crippen LogP contribution in [0.1, 0.15) is 34.9 Å². The van der Waals surface area contributed by atoms with E-state index in [2.05, 4.69) is 11.1 Å². The van der Waals surface area contributed by atoms with Crippen LogP contribution < -0.4 is 0 Å². The highest BCUT2D eigenvalue weighted by Crippen LogP contribution is 2.40. The van der Waals surface area contributed by atoms with Crippen LogP contribution in [0, 0.1) is 17.2 Å². The SMILES string of the molecule is N#Cc1ccc2c(c1)CN(C(=O)C1CCOC1)C2c1cnco1. The summed E-state index contributed by atoms with van der Waals surface area (Å²) in [5, 5.41) is 9.09. The van der Waals surface area contributed by atoms with E-state index in [1.54, 1.807) is 12.3 Å². The minimum Gasteiger partial charge on any atom is -0.446 e. The highest BCUT2D eigenvalue weighted by molar-refractivity contribution is 5.81. The molecule has 1 aromatic carbocycles. The first-order valence-electron chi connectivity index (χ1n) is 7.57. The summed E-state index contributed by atoms with van der Waals surface area (Å²) >= 11 is 0. The summed E-state index contributed by atoms with van der Waals surface area (Å²) in [5.41, 5.74) is 2.57. The zero-order chi connectivity index (χ0) is 15.8. The highest BCUT2D eigenvalue weighted by Gasteiger charge is 2.40. The van der Waals surface area contributed by atoms with E-state index in [9.17, 15) is 4.79 Å². The predicted octanol–water partition coefficient (Wildman–Crippen LogP) is 2.01. The minimum absolute atomic E-state index is 0.0682. The van der Waals surface area contributed by atoms with Gasteiger partial charge in [0.15, 0.2) is 12.2 Å². The molecule has 2 aliphatic rings. The first-order chi connectivity index (χ1) is 11.3. The third-order valence-corrected chi connectivity index (χ3v) is 4.50. The van der Waals surface area contributed by atoms with Crippen molar-refractivity contribution in [2.24, 2.45) is 5.92 Å². The lowest BCUT2D eigenvalue weighted by molar-refractivity contribution is -0.137. The second-order valence-corrected chi connectivity index (χ2v) is 5.86. The molecule has 3 heterocycles. The molecule has 6 nitrogen and oxygen atoms in total. The quantitative estimate of drug-likeness (QED) is 0.848. The molecule has 0 spiro atoms. The van der Waals surface area contributed by atoms with E-state index in [0.717, 1.165) is 17.5 Å². The first-order valence-corrected chi connectivity index (χ1v) is 7.57. The second-order valence-electron chi connectivity index (χ2n) is 5.86. The molecule has 1 amide bonds. The summed E-state index contributed by atoms with van der Waals surface area (Å²) in [6, 6.07) is 7.38. The molecule has 2 unspecified atom stereocenters. The summed E-state index contributed by atoms with van der Waals surface area (Å²) in [6.07, 6.45) is 3.76. The van der Waals surface area contributed by atoms with Gasteiger partial charge < -0.3 is 14.1 Å². The Kier molecular flexibility index (Phi) is 3.36. The smallest absolute Gasteiger partial charge is 0.229 e. The van der Waals surface area contributed by atoms with Crippen molar-refractivity contribution < 1.29 is 13.9 Å². The van der Waals surface area contributed by atoms with Gasteiger partial charge in [-0.2, -0.15) is 5.26 Å². The topological polar surface area (TPSA) is 79.4 Å². The summed E-state index contributed by atoms with van der Waals surface area (Å²) < 4.78 is 10.8. The molecule has 2 aliphatic heterocycles. The number of aromatic nitrogens is 1. The van der Waals surface area contributed by atoms with Crippen molar-refractivity contribution >= 4 is 5.91 Å². The Labute approximate surface area is 133 Å². The molecule has 1 saturated heterocycles. The number of ether oxygens (including phenoxy) is 1. The van der Waals surface area contributed by atoms with E-state index < -0.39 is 0 Å². The molecule has 0 N–H and O–H groups in total. The van der Waals surface area contributed by atoms with Gasteiger partial charge in [-0.1, -0.05) is 6.07 Å². The average Bonchev–Trinajstić information content (AvgIpc) is 3.31. The van der Waals surface area contributed by atoms with Crippen LogP contribution in [0.4, 0.5) is 0 Å². The van der Waals surface area contributed by atoms with E-state index in [4.69, 9.17) is 14.4 Å². The third kappa shape index (κ3) is 2.30. The van der Waals surface area contributed by atoms with Crippen LogP contribution in [0.15, 0.2) is 35.2 Å². The molecule has 1 fully saturated rings. The summed E-state index contributed by atoms with van der Waals surface area (Å²) in [7, 11) is 0. The molecule has 0 aliphatic carbocycles. The standard InChI is InChI=1S/C17H15N3O3/c18-6-11-1-2-14-13(5-11)8-20(16(14)15-7-19-10-23-15)17(21)12-3-4-22-9-12/h1-2,5,7,10,12,16H,3-4,8-9H2. The molecule has 0 bridgehead atoms. The van der Waals surface area contributed by atoms with Crippen LogP contribution in [-0.2, 0) is 16.1 Å². The van der Waals surface area contributed by atoms with Crippen molar-refractivity contribution in [1.82, 2.24) is 9.88 Å². The fourth-order valence-corrected chi connectivity index (χ4v) is 3.36. The maximum atomic E-state index is 12.9. The van der Waals surface area contributed by atoms with Crippen molar-refractivity contribution in [2.45, 2.75) is 19.0 Å². The lowest BCUT2D eigenvalue weighted by Gasteiger charge is -2.25. The Morgan fingerprint density at radius 3 is 3.04 bits per heavy atom. The fourth-order valence-electron chi connectivity index (χ4n) is 3.36. The van der Waals surface area contributed by atoms with Crippen LogP contribution in [0.3, 0.4) is 0 Å². The zero-order valence-electron chi connectivity index (χ0n) is 12.4. The number of amides is 1. The number of fused-ring (bicyclic) bond motifs is 1. The molecule has 2 aromatic rings. The molecule has 116 valence electrons. The van der Waals surface area contributed by atoms with Crippen LogP contribution in [0.25, 0.3) is 0 Å². The predicted molar refractivity (Wildman–Crippen MR) is 79.0 cm³/mol. The molecule has 0 radical (unpaired) electrons. The van der Waals surface area contributed by atoms with Gasteiger partial charge in [0, 0.05) is 13.2 Å². The van der Waals surface area contributed by atoms with Gasteiger partial charge in [0.2, 0.25) is 5.91 Å². The van der Waals surface area contributed by atoms with Crippen molar-refractivity contribution in [1.29, 1.82) is 5.26 Å². The van der Waals surface area contributed by atoms with Gasteiger partial charge in [-0.05, 0) is 29.7 Å². The Morgan fingerprint density at radius 2 is 2.35 bits per heavy atom. The molecule has 23 heavy (non-hydrogen) atoms. The van der Waals surface area contributed by atoms with Crippen LogP contribution in [0.5, 0.6) is 0 Å². The third-order valence-electron chi connectivity index (χ3n) is 4.50.